The average Bonchev–Trinajstić information content (AvgIpc) is 2.67. The van der Waals surface area contributed by atoms with Gasteiger partial charge in [-0.15, -0.1) is 11.3 Å². The molecule has 1 aromatic heterocycles. The monoisotopic (exact) mass is 321 g/mol. The van der Waals surface area contributed by atoms with Crippen molar-refractivity contribution in [3.05, 3.63) is 44.6 Å². The van der Waals surface area contributed by atoms with Crippen LogP contribution >= 0.6 is 34.5 Å². The molecule has 2 N–H and O–H groups in total. The largest absolute Gasteiger partial charge is 0.398 e. The summed E-state index contributed by atoms with van der Waals surface area (Å²) in [6.07, 6.45) is 0. The van der Waals surface area contributed by atoms with Crippen LogP contribution in [0.15, 0.2) is 35.2 Å². The van der Waals surface area contributed by atoms with E-state index in [2.05, 4.69) is 0 Å². The maximum absolute atomic E-state index is 12.1. The van der Waals surface area contributed by atoms with Gasteiger partial charge >= 0.3 is 0 Å². The second kappa shape index (κ2) is 5.09. The summed E-state index contributed by atoms with van der Waals surface area (Å²) in [5.41, 5.74) is 5.90. The number of hydrogen-bond acceptors (Lipinski definition) is 4. The fourth-order valence-corrected chi connectivity index (χ4v) is 4.44. The van der Waals surface area contributed by atoms with Gasteiger partial charge in [-0.3, -0.25) is 0 Å². The number of anilines is 1. The van der Waals surface area contributed by atoms with Gasteiger partial charge in [-0.05, 0) is 30.3 Å². The predicted molar refractivity (Wildman–Crippen MR) is 76.1 cm³/mol. The number of nitrogen functional groups attached to an aromatic ring is 1. The highest BCUT2D eigenvalue weighted by Gasteiger charge is 2.17. The topological polar surface area (TPSA) is 60.2 Å². The van der Waals surface area contributed by atoms with E-state index in [4.69, 9.17) is 28.9 Å². The van der Waals surface area contributed by atoms with Gasteiger partial charge in [0, 0.05) is 4.88 Å². The van der Waals surface area contributed by atoms with Crippen molar-refractivity contribution in [1.29, 1.82) is 0 Å². The Morgan fingerprint density at radius 3 is 2.44 bits per heavy atom. The lowest BCUT2D eigenvalue weighted by Crippen LogP contribution is -2.04. The zero-order chi connectivity index (χ0) is 13.3. The van der Waals surface area contributed by atoms with Crippen molar-refractivity contribution in [2.45, 2.75) is 10.6 Å². The van der Waals surface area contributed by atoms with E-state index in [1.54, 1.807) is 12.1 Å². The van der Waals surface area contributed by atoms with Crippen LogP contribution in [0.5, 0.6) is 0 Å². The first-order valence-corrected chi connectivity index (χ1v) is 8.13. The van der Waals surface area contributed by atoms with Crippen LogP contribution in [0.2, 0.25) is 9.36 Å². The maximum Gasteiger partial charge on any atom is 0.183 e. The van der Waals surface area contributed by atoms with E-state index in [1.165, 1.54) is 29.5 Å². The van der Waals surface area contributed by atoms with E-state index in [9.17, 15) is 8.42 Å². The number of nitrogens with two attached hydrogens (primary N) is 1. The first-order chi connectivity index (χ1) is 8.38. The molecule has 18 heavy (non-hydrogen) atoms. The molecule has 2 rings (SSSR count). The molecule has 0 fully saturated rings. The summed E-state index contributed by atoms with van der Waals surface area (Å²) in [7, 11) is -3.43. The van der Waals surface area contributed by atoms with E-state index >= 15 is 0 Å². The van der Waals surface area contributed by atoms with Gasteiger partial charge < -0.3 is 5.73 Å². The van der Waals surface area contributed by atoms with Crippen molar-refractivity contribution in [1.82, 2.24) is 0 Å². The second-order valence-electron chi connectivity index (χ2n) is 3.65. The summed E-state index contributed by atoms with van der Waals surface area (Å²) in [4.78, 5) is 0.846. The Morgan fingerprint density at radius 2 is 1.89 bits per heavy atom. The zero-order valence-electron chi connectivity index (χ0n) is 9.06. The van der Waals surface area contributed by atoms with Gasteiger partial charge in [-0.1, -0.05) is 23.2 Å². The van der Waals surface area contributed by atoms with Crippen molar-refractivity contribution in [3.63, 3.8) is 0 Å². The van der Waals surface area contributed by atoms with E-state index in [-0.39, 0.29) is 15.7 Å². The Morgan fingerprint density at radius 1 is 1.17 bits per heavy atom. The lowest BCUT2D eigenvalue weighted by molar-refractivity contribution is 0.595. The highest BCUT2D eigenvalue weighted by Crippen LogP contribution is 2.28. The molecule has 2 aromatic rings. The summed E-state index contributed by atoms with van der Waals surface area (Å²) >= 11 is 12.8. The van der Waals surface area contributed by atoms with Gasteiger partial charge in [0.1, 0.15) is 0 Å². The normalized spacial score (nSPS) is 11.7. The summed E-state index contributed by atoms with van der Waals surface area (Å²) in [5, 5.41) is 0.236. The van der Waals surface area contributed by atoms with Crippen molar-refractivity contribution in [2.24, 2.45) is 0 Å². The molecule has 0 aliphatic heterocycles. The summed E-state index contributed by atoms with van der Waals surface area (Å²) < 4.78 is 24.8. The third-order valence-corrected chi connectivity index (χ3v) is 5.70. The minimum absolute atomic E-state index is 0.0926. The summed E-state index contributed by atoms with van der Waals surface area (Å²) in [6, 6.07) is 7.67. The molecule has 0 aliphatic rings. The number of rotatable bonds is 3. The van der Waals surface area contributed by atoms with Crippen LogP contribution in [-0.2, 0) is 15.6 Å². The highest BCUT2D eigenvalue weighted by atomic mass is 35.5. The van der Waals surface area contributed by atoms with Gasteiger partial charge in [-0.25, -0.2) is 8.42 Å². The minimum atomic E-state index is -3.43. The van der Waals surface area contributed by atoms with E-state index in [0.29, 0.717) is 14.9 Å². The van der Waals surface area contributed by atoms with Crippen molar-refractivity contribution >= 4 is 50.1 Å². The fraction of sp³-hybridized carbons (Fsp3) is 0.0909. The Kier molecular flexibility index (Phi) is 3.87. The van der Waals surface area contributed by atoms with Gasteiger partial charge in [0.05, 0.1) is 25.7 Å². The molecule has 0 atom stereocenters. The molecule has 0 spiro atoms. The van der Waals surface area contributed by atoms with Gasteiger partial charge in [0.25, 0.3) is 0 Å². The number of sulfone groups is 1. The smallest absolute Gasteiger partial charge is 0.183 e. The lowest BCUT2D eigenvalue weighted by atomic mass is 10.3. The average molecular weight is 322 g/mol. The van der Waals surface area contributed by atoms with Crippen molar-refractivity contribution in [3.8, 4) is 0 Å². The van der Waals surface area contributed by atoms with Crippen molar-refractivity contribution < 1.29 is 8.42 Å². The number of thiophene rings is 1. The van der Waals surface area contributed by atoms with Crippen molar-refractivity contribution in [2.75, 3.05) is 5.73 Å². The maximum atomic E-state index is 12.1. The van der Waals surface area contributed by atoms with Crippen LogP contribution in [0.4, 0.5) is 5.69 Å². The van der Waals surface area contributed by atoms with Crippen LogP contribution < -0.4 is 5.73 Å². The predicted octanol–water partition coefficient (Wildman–Crippen LogP) is 3.61. The molecule has 0 radical (unpaired) electrons. The van der Waals surface area contributed by atoms with E-state index in [1.807, 2.05) is 0 Å². The lowest BCUT2D eigenvalue weighted by Gasteiger charge is -2.05. The Bertz CT molecular complexity index is 680. The molecular weight excluding hydrogens is 313 g/mol. The van der Waals surface area contributed by atoms with Crippen LogP contribution in [-0.4, -0.2) is 8.42 Å². The SMILES string of the molecule is Nc1ccc(S(=O)(=O)Cc2ccc(Cl)s2)cc1Cl. The van der Waals surface area contributed by atoms with Gasteiger partial charge in [0.2, 0.25) is 0 Å². The number of benzene rings is 1. The summed E-state index contributed by atoms with van der Waals surface area (Å²) in [6.45, 7) is 0. The van der Waals surface area contributed by atoms with Crippen LogP contribution in [0.1, 0.15) is 4.88 Å². The zero-order valence-corrected chi connectivity index (χ0v) is 12.2. The third kappa shape index (κ3) is 2.98. The third-order valence-electron chi connectivity index (χ3n) is 2.29. The molecule has 0 amide bonds. The van der Waals surface area contributed by atoms with Crippen LogP contribution in [0.25, 0.3) is 0 Å². The molecule has 7 heteroatoms. The molecule has 96 valence electrons. The Hall–Kier alpha value is -0.750. The van der Waals surface area contributed by atoms with E-state index < -0.39 is 9.84 Å². The van der Waals surface area contributed by atoms with E-state index in [0.717, 1.165) is 0 Å². The number of halogens is 2. The number of hydrogen-bond donors (Lipinski definition) is 1. The summed E-state index contributed by atoms with van der Waals surface area (Å²) in [5.74, 6) is -0.0926. The quantitative estimate of drug-likeness (QED) is 0.878. The molecule has 0 saturated heterocycles. The Balaban J connectivity index is 2.33. The molecule has 1 heterocycles. The second-order valence-corrected chi connectivity index (χ2v) is 7.84. The Labute approximate surface area is 119 Å². The highest BCUT2D eigenvalue weighted by molar-refractivity contribution is 7.90. The van der Waals surface area contributed by atoms with Gasteiger partial charge in [0.15, 0.2) is 9.84 Å². The molecule has 0 saturated carbocycles. The molecule has 0 unspecified atom stereocenters. The first-order valence-electron chi connectivity index (χ1n) is 4.90. The van der Waals surface area contributed by atoms with Gasteiger partial charge in [-0.2, -0.15) is 0 Å². The fourth-order valence-electron chi connectivity index (χ4n) is 1.40. The molecule has 0 bridgehead atoms. The molecule has 0 aliphatic carbocycles. The molecular formula is C11H9Cl2NO2S2. The first kappa shape index (κ1) is 13.7. The standard InChI is InChI=1S/C11H9Cl2NO2S2/c12-9-5-8(2-3-10(9)14)18(15,16)6-7-1-4-11(13)17-7/h1-5H,6,14H2. The minimum Gasteiger partial charge on any atom is -0.398 e. The van der Waals surface area contributed by atoms with Crippen LogP contribution in [0.3, 0.4) is 0 Å². The van der Waals surface area contributed by atoms with Crippen LogP contribution in [0, 0.1) is 0 Å². The molecule has 1 aromatic carbocycles. The molecule has 3 nitrogen and oxygen atoms in total.